The van der Waals surface area contributed by atoms with Crippen LogP contribution in [0.25, 0.3) is 0 Å². The van der Waals surface area contributed by atoms with Gasteiger partial charge in [0.05, 0.1) is 0 Å². The van der Waals surface area contributed by atoms with Gasteiger partial charge in [-0.3, -0.25) is 0 Å². The lowest BCUT2D eigenvalue weighted by Gasteiger charge is -2.19. The van der Waals surface area contributed by atoms with E-state index < -0.39 is 0 Å². The number of hydrogen-bond donors (Lipinski definition) is 1. The Kier molecular flexibility index (Phi) is 5.02. The predicted molar refractivity (Wildman–Crippen MR) is 68.9 cm³/mol. The molecule has 0 fully saturated rings. The molecule has 0 aliphatic rings. The lowest BCUT2D eigenvalue weighted by atomic mass is 10.0. The van der Waals surface area contributed by atoms with Gasteiger partial charge in [-0.2, -0.15) is 0 Å². The normalized spacial score (nSPS) is 13.1. The van der Waals surface area contributed by atoms with Crippen LogP contribution in [-0.2, 0) is 11.2 Å². The molecule has 0 amide bonds. The number of ether oxygens (including phenoxy) is 1. The standard InChI is InChI=1S/C13H23N3O/c1-8(2)12(17-5)13-15-9(3)11(6-7-14)10(4)16-13/h8,12H,6-7,14H2,1-5H3. The molecule has 1 heterocycles. The summed E-state index contributed by atoms with van der Waals surface area (Å²) >= 11 is 0. The smallest absolute Gasteiger partial charge is 0.157 e. The minimum Gasteiger partial charge on any atom is -0.373 e. The maximum absolute atomic E-state index is 5.59. The second kappa shape index (κ2) is 6.07. The zero-order chi connectivity index (χ0) is 13.0. The average molecular weight is 237 g/mol. The Morgan fingerprint density at radius 1 is 1.18 bits per heavy atom. The van der Waals surface area contributed by atoms with Gasteiger partial charge in [-0.05, 0) is 38.3 Å². The molecule has 1 aromatic heterocycles. The number of aromatic nitrogens is 2. The molecule has 0 saturated heterocycles. The summed E-state index contributed by atoms with van der Waals surface area (Å²) in [6.45, 7) is 8.86. The van der Waals surface area contributed by atoms with Gasteiger partial charge in [0.25, 0.3) is 0 Å². The van der Waals surface area contributed by atoms with Crippen LogP contribution in [-0.4, -0.2) is 23.6 Å². The maximum Gasteiger partial charge on any atom is 0.157 e. The van der Waals surface area contributed by atoms with Crippen molar-refractivity contribution in [3.63, 3.8) is 0 Å². The van der Waals surface area contributed by atoms with Crippen LogP contribution in [0.4, 0.5) is 0 Å². The van der Waals surface area contributed by atoms with E-state index in [1.165, 1.54) is 0 Å². The van der Waals surface area contributed by atoms with Crippen molar-refractivity contribution in [3.05, 3.63) is 22.8 Å². The van der Waals surface area contributed by atoms with Crippen molar-refractivity contribution in [2.24, 2.45) is 11.7 Å². The molecule has 0 radical (unpaired) electrons. The topological polar surface area (TPSA) is 61.0 Å². The van der Waals surface area contributed by atoms with Crippen LogP contribution >= 0.6 is 0 Å². The minimum atomic E-state index is -0.0423. The first-order valence-electron chi connectivity index (χ1n) is 6.08. The van der Waals surface area contributed by atoms with E-state index in [1.807, 2.05) is 13.8 Å². The van der Waals surface area contributed by atoms with E-state index in [9.17, 15) is 0 Å². The molecule has 1 aromatic rings. The Bertz CT molecular complexity index is 354. The van der Waals surface area contributed by atoms with E-state index in [4.69, 9.17) is 10.5 Å². The summed E-state index contributed by atoms with van der Waals surface area (Å²) in [5.41, 5.74) is 8.78. The third-order valence-electron chi connectivity index (χ3n) is 2.95. The van der Waals surface area contributed by atoms with Crippen LogP contribution < -0.4 is 5.73 Å². The van der Waals surface area contributed by atoms with Gasteiger partial charge >= 0.3 is 0 Å². The Labute approximate surface area is 104 Å². The van der Waals surface area contributed by atoms with Crippen LogP contribution in [0.15, 0.2) is 0 Å². The highest BCUT2D eigenvalue weighted by Gasteiger charge is 2.20. The number of nitrogens with zero attached hydrogens (tertiary/aromatic N) is 2. The summed E-state index contributed by atoms with van der Waals surface area (Å²) in [6.07, 6.45) is 0.788. The van der Waals surface area contributed by atoms with Crippen LogP contribution in [0.1, 0.15) is 42.7 Å². The monoisotopic (exact) mass is 237 g/mol. The molecule has 1 rings (SSSR count). The summed E-state index contributed by atoms with van der Waals surface area (Å²) in [4.78, 5) is 9.11. The first kappa shape index (κ1) is 14.1. The first-order valence-corrected chi connectivity index (χ1v) is 6.08. The van der Waals surface area contributed by atoms with Crippen molar-refractivity contribution in [1.82, 2.24) is 9.97 Å². The number of rotatable bonds is 5. The van der Waals surface area contributed by atoms with Gasteiger partial charge < -0.3 is 10.5 Å². The summed E-state index contributed by atoms with van der Waals surface area (Å²) in [6, 6.07) is 0. The van der Waals surface area contributed by atoms with Gasteiger partial charge in [0.2, 0.25) is 0 Å². The zero-order valence-corrected chi connectivity index (χ0v) is 11.4. The third-order valence-corrected chi connectivity index (χ3v) is 2.95. The van der Waals surface area contributed by atoms with E-state index in [1.54, 1.807) is 7.11 Å². The summed E-state index contributed by atoms with van der Waals surface area (Å²) < 4.78 is 5.46. The molecule has 1 atom stereocenters. The van der Waals surface area contributed by atoms with E-state index >= 15 is 0 Å². The lowest BCUT2D eigenvalue weighted by Crippen LogP contribution is -2.16. The Morgan fingerprint density at radius 3 is 2.06 bits per heavy atom. The van der Waals surface area contributed by atoms with Crippen LogP contribution in [0, 0.1) is 19.8 Å². The average Bonchev–Trinajstić information content (AvgIpc) is 2.24. The molecular weight excluding hydrogens is 214 g/mol. The Balaban J connectivity index is 3.12. The van der Waals surface area contributed by atoms with E-state index in [0.717, 1.165) is 29.2 Å². The van der Waals surface area contributed by atoms with Crippen molar-refractivity contribution < 1.29 is 4.74 Å². The molecule has 2 N–H and O–H groups in total. The highest BCUT2D eigenvalue weighted by atomic mass is 16.5. The predicted octanol–water partition coefficient (Wildman–Crippen LogP) is 1.94. The molecule has 17 heavy (non-hydrogen) atoms. The molecule has 4 nitrogen and oxygen atoms in total. The van der Waals surface area contributed by atoms with Crippen LogP contribution in [0.3, 0.4) is 0 Å². The number of aryl methyl sites for hydroxylation is 2. The van der Waals surface area contributed by atoms with Gasteiger partial charge in [-0.25, -0.2) is 9.97 Å². The minimum absolute atomic E-state index is 0.0423. The van der Waals surface area contributed by atoms with Crippen molar-refractivity contribution in [3.8, 4) is 0 Å². The molecule has 0 spiro atoms. The molecule has 96 valence electrons. The zero-order valence-electron chi connectivity index (χ0n) is 11.4. The molecule has 4 heteroatoms. The highest BCUT2D eigenvalue weighted by molar-refractivity contribution is 5.25. The van der Waals surface area contributed by atoms with Crippen LogP contribution in [0.2, 0.25) is 0 Å². The van der Waals surface area contributed by atoms with E-state index in [-0.39, 0.29) is 6.10 Å². The second-order valence-electron chi connectivity index (χ2n) is 4.67. The van der Waals surface area contributed by atoms with Crippen molar-refractivity contribution >= 4 is 0 Å². The molecule has 1 unspecified atom stereocenters. The highest BCUT2D eigenvalue weighted by Crippen LogP contribution is 2.23. The summed E-state index contributed by atoms with van der Waals surface area (Å²) in [5.74, 6) is 1.14. The lowest BCUT2D eigenvalue weighted by molar-refractivity contribution is 0.0571. The van der Waals surface area contributed by atoms with Crippen molar-refractivity contribution in [2.75, 3.05) is 13.7 Å². The Hall–Kier alpha value is -1.00. The maximum atomic E-state index is 5.59. The van der Waals surface area contributed by atoms with E-state index in [2.05, 4.69) is 23.8 Å². The Morgan fingerprint density at radius 2 is 1.71 bits per heavy atom. The fourth-order valence-corrected chi connectivity index (χ4v) is 2.07. The van der Waals surface area contributed by atoms with Crippen LogP contribution in [0.5, 0.6) is 0 Å². The summed E-state index contributed by atoms with van der Waals surface area (Å²) in [7, 11) is 1.70. The quantitative estimate of drug-likeness (QED) is 0.850. The van der Waals surface area contributed by atoms with Crippen molar-refractivity contribution in [1.29, 1.82) is 0 Å². The summed E-state index contributed by atoms with van der Waals surface area (Å²) in [5, 5.41) is 0. The fraction of sp³-hybridized carbons (Fsp3) is 0.692. The fourth-order valence-electron chi connectivity index (χ4n) is 2.07. The third kappa shape index (κ3) is 3.23. The molecule has 0 aliphatic carbocycles. The van der Waals surface area contributed by atoms with Gasteiger partial charge in [-0.15, -0.1) is 0 Å². The largest absolute Gasteiger partial charge is 0.373 e. The van der Waals surface area contributed by atoms with E-state index in [0.29, 0.717) is 12.5 Å². The molecule has 0 aromatic carbocycles. The molecule has 0 aliphatic heterocycles. The number of hydrogen-bond acceptors (Lipinski definition) is 4. The van der Waals surface area contributed by atoms with Crippen molar-refractivity contribution in [2.45, 2.75) is 40.2 Å². The van der Waals surface area contributed by atoms with Gasteiger partial charge in [0.1, 0.15) is 6.10 Å². The van der Waals surface area contributed by atoms with Gasteiger partial charge in [0, 0.05) is 18.5 Å². The first-order chi connectivity index (χ1) is 8.01. The number of methoxy groups -OCH3 is 1. The number of nitrogens with two attached hydrogens (primary N) is 1. The molecule has 0 bridgehead atoms. The molecule has 0 saturated carbocycles. The second-order valence-corrected chi connectivity index (χ2v) is 4.67. The van der Waals surface area contributed by atoms with Gasteiger partial charge in [-0.1, -0.05) is 13.8 Å². The SMILES string of the molecule is COC(c1nc(C)c(CCN)c(C)n1)C(C)C. The molecular formula is C13H23N3O. The van der Waals surface area contributed by atoms with Gasteiger partial charge in [0.15, 0.2) is 5.82 Å².